The van der Waals surface area contributed by atoms with Crippen LogP contribution >= 0.6 is 11.6 Å². The third-order valence-corrected chi connectivity index (χ3v) is 3.35. The maximum Gasteiger partial charge on any atom is 0.334 e. The Kier molecular flexibility index (Phi) is 4.89. The molecule has 1 rings (SSSR count). The van der Waals surface area contributed by atoms with Gasteiger partial charge < -0.3 is 10.0 Å². The number of amides is 1. The fourth-order valence-corrected chi connectivity index (χ4v) is 2.01. The molecule has 0 aliphatic heterocycles. The number of nitrogens with zero attached hydrogens (tertiary/aromatic N) is 1. The molecule has 1 unspecified atom stereocenters. The average Bonchev–Trinajstić information content (AvgIpc) is 2.38. The van der Waals surface area contributed by atoms with Crippen molar-refractivity contribution in [1.29, 1.82) is 0 Å². The van der Waals surface area contributed by atoms with Gasteiger partial charge in [-0.2, -0.15) is 0 Å². The Morgan fingerprint density at radius 2 is 2.21 bits per heavy atom. The number of carbonyl (C=O) groups is 2. The highest BCUT2D eigenvalue weighted by atomic mass is 35.5. The van der Waals surface area contributed by atoms with E-state index in [0.717, 1.165) is 6.07 Å². The lowest BCUT2D eigenvalue weighted by Gasteiger charge is -2.35. The Labute approximate surface area is 115 Å². The molecular weight excluding hydrogens is 273 g/mol. The molecule has 6 heteroatoms. The summed E-state index contributed by atoms with van der Waals surface area (Å²) >= 11 is 5.67. The zero-order valence-corrected chi connectivity index (χ0v) is 11.4. The quantitative estimate of drug-likeness (QED) is 0.818. The minimum Gasteiger partial charge on any atom is -0.479 e. The molecule has 0 fully saturated rings. The molecule has 0 aliphatic rings. The molecule has 0 bridgehead atoms. The van der Waals surface area contributed by atoms with Gasteiger partial charge in [0.2, 0.25) is 6.41 Å². The van der Waals surface area contributed by atoms with Crippen LogP contribution < -0.4 is 0 Å². The van der Waals surface area contributed by atoms with Gasteiger partial charge in [0, 0.05) is 6.54 Å². The van der Waals surface area contributed by atoms with Crippen molar-refractivity contribution in [2.75, 3.05) is 6.54 Å². The number of carboxylic acid groups (broad SMARTS) is 1. The van der Waals surface area contributed by atoms with E-state index in [9.17, 15) is 19.1 Å². The molecule has 1 atom stereocenters. The van der Waals surface area contributed by atoms with E-state index in [-0.39, 0.29) is 17.1 Å². The first-order valence-electron chi connectivity index (χ1n) is 5.78. The fourth-order valence-electron chi connectivity index (χ4n) is 1.83. The second-order valence-electron chi connectivity index (χ2n) is 4.31. The van der Waals surface area contributed by atoms with E-state index in [1.165, 1.54) is 24.0 Å². The summed E-state index contributed by atoms with van der Waals surface area (Å²) in [7, 11) is 0. The molecule has 4 nitrogen and oxygen atoms in total. The molecule has 0 saturated heterocycles. The van der Waals surface area contributed by atoms with Gasteiger partial charge in [0.15, 0.2) is 5.54 Å². The standard InChI is InChI=1S/C13H15ClFNO3/c1-3-6-16(8-17)13(2,12(18)19)9-4-5-11(15)10(14)7-9/h4-5,7-8H,3,6H2,1-2H3,(H,18,19). The molecule has 0 heterocycles. The number of halogens is 2. The highest BCUT2D eigenvalue weighted by molar-refractivity contribution is 6.30. The van der Waals surface area contributed by atoms with Gasteiger partial charge in [0.1, 0.15) is 5.82 Å². The van der Waals surface area contributed by atoms with Gasteiger partial charge in [-0.05, 0) is 31.0 Å². The van der Waals surface area contributed by atoms with Crippen LogP contribution in [0.1, 0.15) is 25.8 Å². The zero-order chi connectivity index (χ0) is 14.6. The molecule has 0 spiro atoms. The van der Waals surface area contributed by atoms with Crippen LogP contribution in [0.2, 0.25) is 5.02 Å². The Morgan fingerprint density at radius 1 is 1.58 bits per heavy atom. The molecule has 1 amide bonds. The topological polar surface area (TPSA) is 57.6 Å². The maximum absolute atomic E-state index is 13.2. The maximum atomic E-state index is 13.2. The number of carboxylic acids is 1. The summed E-state index contributed by atoms with van der Waals surface area (Å²) in [5.74, 6) is -1.83. The van der Waals surface area contributed by atoms with Crippen LogP contribution in [0.15, 0.2) is 18.2 Å². The van der Waals surface area contributed by atoms with Crippen LogP contribution in [0, 0.1) is 5.82 Å². The Morgan fingerprint density at radius 3 is 2.63 bits per heavy atom. The lowest BCUT2D eigenvalue weighted by molar-refractivity contribution is -0.154. The number of carbonyl (C=O) groups excluding carboxylic acids is 1. The van der Waals surface area contributed by atoms with Gasteiger partial charge in [-0.3, -0.25) is 4.79 Å². The first-order chi connectivity index (χ1) is 8.87. The van der Waals surface area contributed by atoms with Gasteiger partial charge in [0.05, 0.1) is 5.02 Å². The van der Waals surface area contributed by atoms with Crippen molar-refractivity contribution < 1.29 is 19.1 Å². The van der Waals surface area contributed by atoms with Crippen molar-refractivity contribution in [3.05, 3.63) is 34.6 Å². The molecule has 1 aromatic carbocycles. The minimum absolute atomic E-state index is 0.174. The Hall–Kier alpha value is -1.62. The first kappa shape index (κ1) is 15.4. The van der Waals surface area contributed by atoms with Crippen molar-refractivity contribution in [3.8, 4) is 0 Å². The predicted molar refractivity (Wildman–Crippen MR) is 69.5 cm³/mol. The molecule has 19 heavy (non-hydrogen) atoms. The van der Waals surface area contributed by atoms with Crippen LogP contribution in [-0.2, 0) is 15.1 Å². The van der Waals surface area contributed by atoms with E-state index in [0.29, 0.717) is 12.8 Å². The number of rotatable bonds is 6. The van der Waals surface area contributed by atoms with Crippen molar-refractivity contribution in [2.45, 2.75) is 25.8 Å². The van der Waals surface area contributed by atoms with Crippen molar-refractivity contribution >= 4 is 24.0 Å². The predicted octanol–water partition coefficient (Wildman–Crippen LogP) is 2.65. The normalized spacial score (nSPS) is 13.7. The lowest BCUT2D eigenvalue weighted by Crippen LogP contribution is -2.49. The largest absolute Gasteiger partial charge is 0.479 e. The zero-order valence-electron chi connectivity index (χ0n) is 10.7. The molecule has 1 aromatic rings. The van der Waals surface area contributed by atoms with Gasteiger partial charge in [0.25, 0.3) is 0 Å². The summed E-state index contributed by atoms with van der Waals surface area (Å²) in [4.78, 5) is 23.8. The van der Waals surface area contributed by atoms with E-state index in [1.54, 1.807) is 0 Å². The molecule has 1 N–H and O–H groups in total. The monoisotopic (exact) mass is 287 g/mol. The van der Waals surface area contributed by atoms with Crippen molar-refractivity contribution in [3.63, 3.8) is 0 Å². The minimum atomic E-state index is -1.57. The molecule has 0 aliphatic carbocycles. The highest BCUT2D eigenvalue weighted by Gasteiger charge is 2.41. The van der Waals surface area contributed by atoms with E-state index in [2.05, 4.69) is 0 Å². The molecule has 0 saturated carbocycles. The van der Waals surface area contributed by atoms with Crippen LogP contribution in [0.25, 0.3) is 0 Å². The number of aliphatic carboxylic acids is 1. The van der Waals surface area contributed by atoms with Crippen LogP contribution in [0.3, 0.4) is 0 Å². The Balaban J connectivity index is 3.35. The summed E-state index contributed by atoms with van der Waals surface area (Å²) in [5.41, 5.74) is -1.32. The van der Waals surface area contributed by atoms with Crippen LogP contribution in [-0.4, -0.2) is 28.9 Å². The molecule has 0 radical (unpaired) electrons. The second-order valence-corrected chi connectivity index (χ2v) is 4.71. The number of hydrogen-bond acceptors (Lipinski definition) is 2. The van der Waals surface area contributed by atoms with E-state index < -0.39 is 17.3 Å². The van der Waals surface area contributed by atoms with E-state index in [4.69, 9.17) is 11.6 Å². The smallest absolute Gasteiger partial charge is 0.334 e. The number of hydrogen-bond donors (Lipinski definition) is 1. The molecule has 104 valence electrons. The third-order valence-electron chi connectivity index (χ3n) is 3.06. The summed E-state index contributed by atoms with van der Waals surface area (Å²) in [5, 5.41) is 9.26. The SMILES string of the molecule is CCCN(C=O)C(C)(C(=O)O)c1ccc(F)c(Cl)c1. The summed E-state index contributed by atoms with van der Waals surface area (Å²) in [6.07, 6.45) is 1.09. The number of benzene rings is 1. The summed E-state index contributed by atoms with van der Waals surface area (Å²) < 4.78 is 13.2. The van der Waals surface area contributed by atoms with Crippen LogP contribution in [0.5, 0.6) is 0 Å². The second kappa shape index (κ2) is 6.02. The third kappa shape index (κ3) is 2.87. The lowest BCUT2D eigenvalue weighted by atomic mass is 9.90. The summed E-state index contributed by atoms with van der Waals surface area (Å²) in [6, 6.07) is 3.65. The molecule has 0 aromatic heterocycles. The van der Waals surface area contributed by atoms with Gasteiger partial charge in [-0.15, -0.1) is 0 Å². The highest BCUT2D eigenvalue weighted by Crippen LogP contribution is 2.30. The molecular formula is C13H15ClFNO3. The average molecular weight is 288 g/mol. The Bertz CT molecular complexity index is 495. The summed E-state index contributed by atoms with van der Waals surface area (Å²) in [6.45, 7) is 3.50. The van der Waals surface area contributed by atoms with Crippen molar-refractivity contribution in [1.82, 2.24) is 4.90 Å². The van der Waals surface area contributed by atoms with Crippen molar-refractivity contribution in [2.24, 2.45) is 0 Å². The first-order valence-corrected chi connectivity index (χ1v) is 6.16. The van der Waals surface area contributed by atoms with Crippen LogP contribution in [0.4, 0.5) is 4.39 Å². The van der Waals surface area contributed by atoms with Gasteiger partial charge >= 0.3 is 5.97 Å². The van der Waals surface area contributed by atoms with Gasteiger partial charge in [-0.25, -0.2) is 9.18 Å². The van der Waals surface area contributed by atoms with Gasteiger partial charge in [-0.1, -0.05) is 24.6 Å². The van der Waals surface area contributed by atoms with E-state index >= 15 is 0 Å². The van der Waals surface area contributed by atoms with E-state index in [1.807, 2.05) is 6.92 Å². The fraction of sp³-hybridized carbons (Fsp3) is 0.385.